The second kappa shape index (κ2) is 7.27. The lowest BCUT2D eigenvalue weighted by molar-refractivity contribution is 0.123. The van der Waals surface area contributed by atoms with E-state index in [1.54, 1.807) is 0 Å². The van der Waals surface area contributed by atoms with E-state index in [2.05, 4.69) is 41.6 Å². The van der Waals surface area contributed by atoms with Gasteiger partial charge in [-0.25, -0.2) is 0 Å². The maximum atomic E-state index is 3.69. The number of nitrogens with zero attached hydrogens (tertiary/aromatic N) is 1. The molecule has 3 heteroatoms. The van der Waals surface area contributed by atoms with Gasteiger partial charge in [0, 0.05) is 36.6 Å². The normalized spacial score (nSPS) is 25.4. The molecule has 1 N–H and O–H groups in total. The molecule has 1 aliphatic heterocycles. The maximum absolute atomic E-state index is 3.69. The summed E-state index contributed by atoms with van der Waals surface area (Å²) in [5.41, 5.74) is 0. The van der Waals surface area contributed by atoms with Crippen molar-refractivity contribution < 1.29 is 0 Å². The molecule has 2 nitrogen and oxygen atoms in total. The summed E-state index contributed by atoms with van der Waals surface area (Å²) in [6, 6.07) is 5.87. The molecule has 1 saturated heterocycles. The molecule has 0 radical (unpaired) electrons. The highest BCUT2D eigenvalue weighted by molar-refractivity contribution is 7.09. The molecule has 2 heterocycles. The quantitative estimate of drug-likeness (QED) is 0.851. The highest BCUT2D eigenvalue weighted by Gasteiger charge is 2.25. The van der Waals surface area contributed by atoms with Gasteiger partial charge in [-0.2, -0.15) is 0 Å². The summed E-state index contributed by atoms with van der Waals surface area (Å²) in [6.45, 7) is 8.21. The van der Waals surface area contributed by atoms with Crippen LogP contribution in [0.3, 0.4) is 0 Å². The first-order valence-electron chi connectivity index (χ1n) is 7.33. The van der Waals surface area contributed by atoms with Gasteiger partial charge in [0.15, 0.2) is 0 Å². The van der Waals surface area contributed by atoms with Crippen LogP contribution in [-0.2, 0) is 6.42 Å². The average molecular weight is 266 g/mol. The fourth-order valence-corrected chi connectivity index (χ4v) is 3.50. The Morgan fingerprint density at radius 1 is 1.44 bits per heavy atom. The SMILES string of the molecule is CCCC1CNC(CC)CN1CCc1cccs1. The molecule has 0 saturated carbocycles. The number of thiophene rings is 1. The Morgan fingerprint density at radius 3 is 3.00 bits per heavy atom. The van der Waals surface area contributed by atoms with E-state index in [1.807, 2.05) is 11.3 Å². The fourth-order valence-electron chi connectivity index (χ4n) is 2.80. The summed E-state index contributed by atoms with van der Waals surface area (Å²) in [7, 11) is 0. The van der Waals surface area contributed by atoms with Gasteiger partial charge >= 0.3 is 0 Å². The Labute approximate surface area is 115 Å². The topological polar surface area (TPSA) is 15.3 Å². The van der Waals surface area contributed by atoms with E-state index in [4.69, 9.17) is 0 Å². The van der Waals surface area contributed by atoms with Crippen molar-refractivity contribution in [2.45, 2.75) is 51.6 Å². The van der Waals surface area contributed by atoms with E-state index < -0.39 is 0 Å². The van der Waals surface area contributed by atoms with E-state index >= 15 is 0 Å². The van der Waals surface area contributed by atoms with E-state index in [1.165, 1.54) is 50.2 Å². The lowest BCUT2D eigenvalue weighted by atomic mass is 10.0. The van der Waals surface area contributed by atoms with Crippen molar-refractivity contribution >= 4 is 11.3 Å². The molecule has 0 aliphatic carbocycles. The van der Waals surface area contributed by atoms with Gasteiger partial charge in [0.2, 0.25) is 0 Å². The molecular weight excluding hydrogens is 240 g/mol. The predicted octanol–water partition coefficient (Wildman–Crippen LogP) is 3.14. The zero-order chi connectivity index (χ0) is 12.8. The minimum absolute atomic E-state index is 0.696. The van der Waals surface area contributed by atoms with Gasteiger partial charge in [0.1, 0.15) is 0 Å². The van der Waals surface area contributed by atoms with E-state index in [9.17, 15) is 0 Å². The molecule has 0 bridgehead atoms. The standard InChI is InChI=1S/C15H26N2S/c1-3-6-14-11-16-13(4-2)12-17(14)9-8-15-7-5-10-18-15/h5,7,10,13-14,16H,3-4,6,8-9,11-12H2,1-2H3. The van der Waals surface area contributed by atoms with Crippen LogP contribution in [0.15, 0.2) is 17.5 Å². The second-order valence-corrected chi connectivity index (χ2v) is 6.31. The second-order valence-electron chi connectivity index (χ2n) is 5.28. The molecule has 1 fully saturated rings. The Bertz CT molecular complexity index is 323. The minimum atomic E-state index is 0.696. The fraction of sp³-hybridized carbons (Fsp3) is 0.733. The Morgan fingerprint density at radius 2 is 2.33 bits per heavy atom. The summed E-state index contributed by atoms with van der Waals surface area (Å²) in [5, 5.41) is 5.87. The lowest BCUT2D eigenvalue weighted by Crippen LogP contribution is -2.56. The van der Waals surface area contributed by atoms with Crippen molar-refractivity contribution in [2.24, 2.45) is 0 Å². The third kappa shape index (κ3) is 3.81. The Hall–Kier alpha value is -0.380. The van der Waals surface area contributed by atoms with Gasteiger partial charge in [-0.3, -0.25) is 4.90 Å². The van der Waals surface area contributed by atoms with Crippen LogP contribution in [0, 0.1) is 0 Å². The molecule has 0 amide bonds. The van der Waals surface area contributed by atoms with Gasteiger partial charge in [-0.15, -0.1) is 11.3 Å². The van der Waals surface area contributed by atoms with Crippen LogP contribution < -0.4 is 5.32 Å². The lowest BCUT2D eigenvalue weighted by Gasteiger charge is -2.40. The van der Waals surface area contributed by atoms with E-state index in [-0.39, 0.29) is 0 Å². The number of rotatable bonds is 6. The van der Waals surface area contributed by atoms with Crippen molar-refractivity contribution in [2.75, 3.05) is 19.6 Å². The number of piperazine rings is 1. The van der Waals surface area contributed by atoms with Crippen LogP contribution in [0.1, 0.15) is 38.0 Å². The minimum Gasteiger partial charge on any atom is -0.311 e. The maximum Gasteiger partial charge on any atom is 0.0221 e. The Kier molecular flexibility index (Phi) is 5.67. The van der Waals surface area contributed by atoms with Crippen molar-refractivity contribution in [1.82, 2.24) is 10.2 Å². The van der Waals surface area contributed by atoms with Crippen molar-refractivity contribution in [3.8, 4) is 0 Å². The first-order chi connectivity index (χ1) is 8.83. The van der Waals surface area contributed by atoms with Gasteiger partial charge in [0.25, 0.3) is 0 Å². The van der Waals surface area contributed by atoms with Crippen LogP contribution in [0.5, 0.6) is 0 Å². The van der Waals surface area contributed by atoms with Gasteiger partial charge in [-0.1, -0.05) is 26.3 Å². The summed E-state index contributed by atoms with van der Waals surface area (Å²) in [4.78, 5) is 4.24. The van der Waals surface area contributed by atoms with Crippen LogP contribution >= 0.6 is 11.3 Å². The molecule has 1 aliphatic rings. The molecule has 1 aromatic heterocycles. The molecule has 0 spiro atoms. The van der Waals surface area contributed by atoms with Crippen LogP contribution in [0.2, 0.25) is 0 Å². The number of hydrogen-bond donors (Lipinski definition) is 1. The van der Waals surface area contributed by atoms with Gasteiger partial charge in [-0.05, 0) is 30.7 Å². The molecule has 18 heavy (non-hydrogen) atoms. The monoisotopic (exact) mass is 266 g/mol. The predicted molar refractivity (Wildman–Crippen MR) is 80.4 cm³/mol. The third-order valence-electron chi connectivity index (χ3n) is 3.95. The van der Waals surface area contributed by atoms with Gasteiger partial charge < -0.3 is 5.32 Å². The van der Waals surface area contributed by atoms with Crippen molar-refractivity contribution in [1.29, 1.82) is 0 Å². The molecule has 2 rings (SSSR count). The van der Waals surface area contributed by atoms with Crippen LogP contribution in [0.25, 0.3) is 0 Å². The molecule has 102 valence electrons. The molecular formula is C15H26N2S. The average Bonchev–Trinajstić information content (AvgIpc) is 2.91. The smallest absolute Gasteiger partial charge is 0.0221 e. The van der Waals surface area contributed by atoms with Crippen molar-refractivity contribution in [3.05, 3.63) is 22.4 Å². The number of hydrogen-bond acceptors (Lipinski definition) is 3. The summed E-state index contributed by atoms with van der Waals surface area (Å²) < 4.78 is 0. The molecule has 2 atom stereocenters. The largest absolute Gasteiger partial charge is 0.311 e. The molecule has 1 aromatic rings. The van der Waals surface area contributed by atoms with Crippen molar-refractivity contribution in [3.63, 3.8) is 0 Å². The van der Waals surface area contributed by atoms with E-state index in [0.717, 1.165) is 6.04 Å². The number of nitrogens with one attached hydrogen (secondary N) is 1. The molecule has 0 aromatic carbocycles. The Balaban J connectivity index is 1.87. The van der Waals surface area contributed by atoms with Crippen LogP contribution in [-0.4, -0.2) is 36.6 Å². The zero-order valence-corrected chi connectivity index (χ0v) is 12.5. The van der Waals surface area contributed by atoms with Gasteiger partial charge in [0.05, 0.1) is 0 Å². The highest BCUT2D eigenvalue weighted by atomic mass is 32.1. The zero-order valence-electron chi connectivity index (χ0n) is 11.7. The summed E-state index contributed by atoms with van der Waals surface area (Å²) in [6.07, 6.45) is 5.08. The summed E-state index contributed by atoms with van der Waals surface area (Å²) in [5.74, 6) is 0. The van der Waals surface area contributed by atoms with Crippen LogP contribution in [0.4, 0.5) is 0 Å². The first-order valence-corrected chi connectivity index (χ1v) is 8.21. The highest BCUT2D eigenvalue weighted by Crippen LogP contribution is 2.16. The summed E-state index contributed by atoms with van der Waals surface area (Å²) >= 11 is 1.89. The molecule has 2 unspecified atom stereocenters. The first kappa shape index (κ1) is 14.0. The third-order valence-corrected chi connectivity index (χ3v) is 4.89. The van der Waals surface area contributed by atoms with E-state index in [0.29, 0.717) is 6.04 Å².